The fourth-order valence-corrected chi connectivity index (χ4v) is 2.67. The number of piperidine rings is 1. The van der Waals surface area contributed by atoms with Crippen LogP contribution in [0.1, 0.15) is 19.8 Å². The van der Waals surface area contributed by atoms with Crippen molar-refractivity contribution in [3.63, 3.8) is 0 Å². The van der Waals surface area contributed by atoms with Gasteiger partial charge < -0.3 is 4.74 Å². The van der Waals surface area contributed by atoms with Crippen LogP contribution in [0, 0.1) is 5.92 Å². The predicted octanol–water partition coefficient (Wildman–Crippen LogP) is 0.745. The molecule has 0 aromatic rings. The average molecular weight is 256 g/mol. The first-order valence-corrected chi connectivity index (χ1v) is 7.08. The van der Waals surface area contributed by atoms with E-state index in [1.54, 1.807) is 6.92 Å². The number of ether oxygens (including phenoxy) is 1. The molecular formula is C8H14ClNO4S. The molecule has 0 saturated carbocycles. The van der Waals surface area contributed by atoms with Crippen molar-refractivity contribution < 1.29 is 17.9 Å². The molecule has 1 aliphatic rings. The number of carbonyl (C=O) groups is 1. The first-order chi connectivity index (χ1) is 6.95. The molecule has 1 rings (SSSR count). The van der Waals surface area contributed by atoms with Crippen LogP contribution in [0.5, 0.6) is 0 Å². The molecule has 1 aliphatic heterocycles. The summed E-state index contributed by atoms with van der Waals surface area (Å²) >= 11 is 0. The molecule has 1 heterocycles. The maximum atomic E-state index is 11.4. The van der Waals surface area contributed by atoms with Crippen molar-refractivity contribution in [2.45, 2.75) is 19.8 Å². The summed E-state index contributed by atoms with van der Waals surface area (Å²) in [6, 6.07) is 0. The van der Waals surface area contributed by atoms with Crippen molar-refractivity contribution in [1.29, 1.82) is 0 Å². The van der Waals surface area contributed by atoms with Gasteiger partial charge in [-0.1, -0.05) is 0 Å². The zero-order valence-corrected chi connectivity index (χ0v) is 10.1. The van der Waals surface area contributed by atoms with E-state index in [0.717, 1.165) is 4.31 Å². The summed E-state index contributed by atoms with van der Waals surface area (Å²) in [6.45, 7) is 2.53. The van der Waals surface area contributed by atoms with Crippen molar-refractivity contribution in [3.8, 4) is 0 Å². The Hall–Kier alpha value is -0.330. The summed E-state index contributed by atoms with van der Waals surface area (Å²) in [6.07, 6.45) is 1.29. The van der Waals surface area contributed by atoms with Gasteiger partial charge in [0.2, 0.25) is 0 Å². The molecule has 0 amide bonds. The fraction of sp³-hybridized carbons (Fsp3) is 0.875. The van der Waals surface area contributed by atoms with Gasteiger partial charge in [-0.25, -0.2) is 0 Å². The van der Waals surface area contributed by atoms with E-state index in [-0.39, 0.29) is 18.4 Å². The largest absolute Gasteiger partial charge is 0.466 e. The van der Waals surface area contributed by atoms with E-state index in [1.165, 1.54) is 0 Å². The molecular weight excluding hydrogens is 242 g/mol. The minimum absolute atomic E-state index is 0.130. The van der Waals surface area contributed by atoms with Crippen molar-refractivity contribution in [1.82, 2.24) is 4.31 Å². The van der Waals surface area contributed by atoms with Gasteiger partial charge in [-0.2, -0.15) is 12.7 Å². The average Bonchev–Trinajstić information content (AvgIpc) is 2.17. The van der Waals surface area contributed by atoms with Crippen molar-refractivity contribution in [2.75, 3.05) is 19.7 Å². The molecule has 0 aromatic carbocycles. The smallest absolute Gasteiger partial charge is 0.310 e. The highest BCUT2D eigenvalue weighted by molar-refractivity contribution is 8.11. The van der Waals surface area contributed by atoms with Gasteiger partial charge in [0, 0.05) is 23.8 Å². The second-order valence-electron chi connectivity index (χ2n) is 3.39. The number of hydrogen-bond donors (Lipinski definition) is 0. The third kappa shape index (κ3) is 3.62. The van der Waals surface area contributed by atoms with Gasteiger partial charge in [0.15, 0.2) is 0 Å². The van der Waals surface area contributed by atoms with E-state index in [2.05, 4.69) is 0 Å². The standard InChI is InChI=1S/C8H14ClNO4S/c1-2-14-8(11)7-4-3-5-10(6-7)15(9,12)13/h7H,2-6H2,1H3/t7-/m0/s1. The van der Waals surface area contributed by atoms with Crippen molar-refractivity contribution in [2.24, 2.45) is 5.92 Å². The maximum absolute atomic E-state index is 11.4. The van der Waals surface area contributed by atoms with E-state index in [4.69, 9.17) is 15.4 Å². The Morgan fingerprint density at radius 1 is 1.60 bits per heavy atom. The molecule has 0 aromatic heterocycles. The number of hydrogen-bond acceptors (Lipinski definition) is 4. The summed E-state index contributed by atoms with van der Waals surface area (Å²) in [4.78, 5) is 11.4. The topological polar surface area (TPSA) is 63.7 Å². The number of nitrogens with zero attached hydrogens (tertiary/aromatic N) is 1. The first-order valence-electron chi connectivity index (χ1n) is 4.81. The lowest BCUT2D eigenvalue weighted by molar-refractivity contribution is -0.149. The van der Waals surface area contributed by atoms with E-state index in [9.17, 15) is 13.2 Å². The van der Waals surface area contributed by atoms with E-state index >= 15 is 0 Å². The van der Waals surface area contributed by atoms with E-state index in [0.29, 0.717) is 26.0 Å². The summed E-state index contributed by atoms with van der Waals surface area (Å²) in [5.74, 6) is -0.727. The highest BCUT2D eigenvalue weighted by Crippen LogP contribution is 2.21. The number of esters is 1. The number of rotatable bonds is 3. The minimum Gasteiger partial charge on any atom is -0.466 e. The molecule has 15 heavy (non-hydrogen) atoms. The van der Waals surface area contributed by atoms with Crippen LogP contribution in [0.25, 0.3) is 0 Å². The van der Waals surface area contributed by atoms with Crippen LogP contribution >= 0.6 is 10.7 Å². The van der Waals surface area contributed by atoms with E-state index < -0.39 is 9.24 Å². The Labute approximate surface area is 93.9 Å². The van der Waals surface area contributed by atoms with Gasteiger partial charge in [0.1, 0.15) is 0 Å². The van der Waals surface area contributed by atoms with Crippen LogP contribution in [-0.4, -0.2) is 38.4 Å². The Kier molecular flexibility index (Phi) is 4.36. The molecule has 1 atom stereocenters. The second-order valence-corrected chi connectivity index (χ2v) is 5.90. The Morgan fingerprint density at radius 3 is 2.80 bits per heavy atom. The number of carbonyl (C=O) groups excluding carboxylic acids is 1. The Bertz CT molecular complexity index is 330. The van der Waals surface area contributed by atoms with Gasteiger partial charge in [-0.05, 0) is 19.8 Å². The van der Waals surface area contributed by atoms with Gasteiger partial charge >= 0.3 is 5.97 Å². The van der Waals surface area contributed by atoms with Crippen LogP contribution in [0.2, 0.25) is 0 Å². The van der Waals surface area contributed by atoms with Crippen LogP contribution in [0.3, 0.4) is 0 Å². The Morgan fingerprint density at radius 2 is 2.27 bits per heavy atom. The molecule has 5 nitrogen and oxygen atoms in total. The van der Waals surface area contributed by atoms with Gasteiger partial charge in [0.25, 0.3) is 9.24 Å². The lowest BCUT2D eigenvalue weighted by atomic mass is 10.0. The molecule has 0 spiro atoms. The molecule has 0 radical (unpaired) electrons. The highest BCUT2D eigenvalue weighted by Gasteiger charge is 2.31. The highest BCUT2D eigenvalue weighted by atomic mass is 35.7. The molecule has 7 heteroatoms. The fourth-order valence-electron chi connectivity index (χ4n) is 1.59. The van der Waals surface area contributed by atoms with Crippen LogP contribution in [-0.2, 0) is 18.8 Å². The summed E-state index contributed by atoms with van der Waals surface area (Å²) in [5, 5.41) is 0. The molecule has 0 unspecified atom stereocenters. The predicted molar refractivity (Wildman–Crippen MR) is 55.7 cm³/mol. The maximum Gasteiger partial charge on any atom is 0.310 e. The van der Waals surface area contributed by atoms with Crippen molar-refractivity contribution >= 4 is 25.9 Å². The summed E-state index contributed by atoms with van der Waals surface area (Å²) < 4.78 is 28.1. The van der Waals surface area contributed by atoms with Crippen LogP contribution in [0.15, 0.2) is 0 Å². The third-order valence-corrected chi connectivity index (χ3v) is 3.85. The number of halogens is 1. The van der Waals surface area contributed by atoms with Crippen LogP contribution in [0.4, 0.5) is 0 Å². The first kappa shape index (κ1) is 12.7. The summed E-state index contributed by atoms with van der Waals surface area (Å²) in [7, 11) is 1.50. The molecule has 88 valence electrons. The lowest BCUT2D eigenvalue weighted by Gasteiger charge is -2.28. The minimum atomic E-state index is -3.71. The van der Waals surface area contributed by atoms with Crippen LogP contribution < -0.4 is 0 Å². The lowest BCUT2D eigenvalue weighted by Crippen LogP contribution is -2.40. The molecule has 0 N–H and O–H groups in total. The Balaban J connectivity index is 2.60. The van der Waals surface area contributed by atoms with Crippen molar-refractivity contribution in [3.05, 3.63) is 0 Å². The zero-order chi connectivity index (χ0) is 11.5. The normalized spacial score (nSPS) is 23.7. The van der Waals surface area contributed by atoms with E-state index in [1.807, 2.05) is 0 Å². The second kappa shape index (κ2) is 5.14. The molecule has 1 fully saturated rings. The molecule has 0 bridgehead atoms. The van der Waals surface area contributed by atoms with Gasteiger partial charge in [0.05, 0.1) is 12.5 Å². The molecule has 1 saturated heterocycles. The van der Waals surface area contributed by atoms with Gasteiger partial charge in [-0.3, -0.25) is 4.79 Å². The SMILES string of the molecule is CCOC(=O)[C@H]1CCCN(S(=O)(=O)Cl)C1. The van der Waals surface area contributed by atoms with Gasteiger partial charge in [-0.15, -0.1) is 0 Å². The quantitative estimate of drug-likeness (QED) is 0.551. The molecule has 0 aliphatic carbocycles. The zero-order valence-electron chi connectivity index (χ0n) is 8.48. The summed E-state index contributed by atoms with van der Waals surface area (Å²) in [5.41, 5.74) is 0. The monoisotopic (exact) mass is 255 g/mol. The third-order valence-electron chi connectivity index (χ3n) is 2.31.